The smallest absolute Gasteiger partial charge is 0.338 e. The second-order valence-corrected chi connectivity index (χ2v) is 9.50. The molecule has 6 N–H and O–H groups in total. The number of aliphatic hydroxyl groups is 5. The second-order valence-electron chi connectivity index (χ2n) is 9.50. The topological polar surface area (TPSA) is 194 Å². The third-order valence-corrected chi connectivity index (χ3v) is 7.07. The molecule has 10 atom stereocenters. The van der Waals surface area contributed by atoms with Crippen LogP contribution in [0.25, 0.3) is 0 Å². The van der Waals surface area contributed by atoms with Crippen LogP contribution in [0.2, 0.25) is 0 Å². The maximum absolute atomic E-state index is 13.0. The summed E-state index contributed by atoms with van der Waals surface area (Å²) in [5.41, 5.74) is -1.40. The van der Waals surface area contributed by atoms with E-state index in [0.717, 1.165) is 0 Å². The van der Waals surface area contributed by atoms with Crippen molar-refractivity contribution < 1.29 is 63.9 Å². The van der Waals surface area contributed by atoms with Crippen LogP contribution in [0.4, 0.5) is 0 Å². The highest BCUT2D eigenvalue weighted by Gasteiger charge is 2.58. The number of phenols is 1. The molecule has 0 amide bonds. The molecule has 0 unspecified atom stereocenters. The van der Waals surface area contributed by atoms with Crippen molar-refractivity contribution in [2.45, 2.75) is 62.0 Å². The maximum atomic E-state index is 13.0. The van der Waals surface area contributed by atoms with E-state index in [1.165, 1.54) is 39.5 Å². The molecule has 1 saturated heterocycles. The Labute approximate surface area is 212 Å². The summed E-state index contributed by atoms with van der Waals surface area (Å²) in [6, 6.07) is 2.60. The van der Waals surface area contributed by atoms with Gasteiger partial charge in [-0.15, -0.1) is 0 Å². The van der Waals surface area contributed by atoms with Crippen molar-refractivity contribution >= 4 is 5.97 Å². The van der Waals surface area contributed by atoms with Gasteiger partial charge in [0, 0.05) is 12.3 Å². The zero-order chi connectivity index (χ0) is 27.1. The van der Waals surface area contributed by atoms with Gasteiger partial charge in [0.05, 0.1) is 44.2 Å². The van der Waals surface area contributed by atoms with Crippen molar-refractivity contribution in [1.29, 1.82) is 0 Å². The summed E-state index contributed by atoms with van der Waals surface area (Å²) >= 11 is 0. The summed E-state index contributed by atoms with van der Waals surface area (Å²) in [7, 11) is 2.65. The minimum atomic E-state index is -1.66. The van der Waals surface area contributed by atoms with Gasteiger partial charge in [-0.2, -0.15) is 0 Å². The van der Waals surface area contributed by atoms with Gasteiger partial charge in [-0.25, -0.2) is 4.79 Å². The Morgan fingerprint density at radius 3 is 2.32 bits per heavy atom. The Morgan fingerprint density at radius 1 is 1.08 bits per heavy atom. The third kappa shape index (κ3) is 5.08. The van der Waals surface area contributed by atoms with Crippen LogP contribution in [-0.2, 0) is 18.9 Å². The molecule has 1 aromatic rings. The van der Waals surface area contributed by atoms with Crippen LogP contribution in [0.3, 0.4) is 0 Å². The molecular formula is C24H32O13. The first-order chi connectivity index (χ1) is 17.5. The lowest BCUT2D eigenvalue weighted by Crippen LogP contribution is -2.60. The van der Waals surface area contributed by atoms with Crippen molar-refractivity contribution in [2.75, 3.05) is 20.8 Å². The summed E-state index contributed by atoms with van der Waals surface area (Å²) in [5, 5.41) is 61.1. The molecule has 2 fully saturated rings. The quantitative estimate of drug-likeness (QED) is 0.236. The van der Waals surface area contributed by atoms with E-state index in [0.29, 0.717) is 0 Å². The lowest BCUT2D eigenvalue weighted by Gasteiger charge is -2.43. The van der Waals surface area contributed by atoms with E-state index in [1.54, 1.807) is 6.08 Å². The molecule has 3 aliphatic rings. The van der Waals surface area contributed by atoms with E-state index in [2.05, 4.69) is 0 Å². The molecule has 1 saturated carbocycles. The number of rotatable bonds is 7. The van der Waals surface area contributed by atoms with Crippen molar-refractivity contribution in [2.24, 2.45) is 11.8 Å². The summed E-state index contributed by atoms with van der Waals surface area (Å²) in [5.74, 6) is -2.34. The summed E-state index contributed by atoms with van der Waals surface area (Å²) in [4.78, 5) is 13.0. The van der Waals surface area contributed by atoms with Crippen LogP contribution >= 0.6 is 0 Å². The first kappa shape index (κ1) is 27.4. The van der Waals surface area contributed by atoms with Crippen LogP contribution in [0, 0.1) is 11.8 Å². The van der Waals surface area contributed by atoms with Crippen LogP contribution < -0.4 is 9.47 Å². The SMILES string of the molecule is COc1cc(C(=O)O[C@@H]2C[C@](C)(O)[C@H]3[C@H](O[C@H]4O[C@H](CO)[C@@H](O)[C@H](O)[C@H]4O)OC=C[C@H]32)cc(OC)c1O. The van der Waals surface area contributed by atoms with Crippen LogP contribution in [0.5, 0.6) is 17.2 Å². The lowest BCUT2D eigenvalue weighted by molar-refractivity contribution is -0.346. The van der Waals surface area contributed by atoms with Gasteiger partial charge in [0.15, 0.2) is 17.8 Å². The number of benzene rings is 1. The normalized spacial score (nSPS) is 39.0. The minimum Gasteiger partial charge on any atom is -0.502 e. The van der Waals surface area contributed by atoms with Gasteiger partial charge in [0.1, 0.15) is 30.5 Å². The lowest BCUT2D eigenvalue weighted by atomic mass is 9.85. The first-order valence-corrected chi connectivity index (χ1v) is 11.7. The van der Waals surface area contributed by atoms with Crippen LogP contribution in [0.15, 0.2) is 24.5 Å². The molecule has 2 aliphatic heterocycles. The number of esters is 1. The van der Waals surface area contributed by atoms with Gasteiger partial charge in [0.2, 0.25) is 12.0 Å². The Balaban J connectivity index is 1.52. The number of methoxy groups -OCH3 is 2. The molecule has 0 bridgehead atoms. The van der Waals surface area contributed by atoms with Gasteiger partial charge in [-0.3, -0.25) is 0 Å². The van der Waals surface area contributed by atoms with E-state index >= 15 is 0 Å². The fraction of sp³-hybridized carbons (Fsp3) is 0.625. The summed E-state index contributed by atoms with van der Waals surface area (Å²) in [6.07, 6.45) is -6.59. The fourth-order valence-corrected chi connectivity index (χ4v) is 5.11. The number of ether oxygens (including phenoxy) is 6. The molecule has 4 rings (SSSR count). The number of fused-ring (bicyclic) bond motifs is 1. The van der Waals surface area contributed by atoms with Crippen LogP contribution in [-0.4, -0.2) is 106 Å². The predicted molar refractivity (Wildman–Crippen MR) is 122 cm³/mol. The van der Waals surface area contributed by atoms with E-state index < -0.39 is 73.1 Å². The van der Waals surface area contributed by atoms with Gasteiger partial charge in [-0.05, 0) is 25.1 Å². The third-order valence-electron chi connectivity index (χ3n) is 7.07. The average Bonchev–Trinajstić information content (AvgIpc) is 3.14. The number of carbonyl (C=O) groups excluding carboxylic acids is 1. The Kier molecular flexibility index (Phi) is 7.85. The van der Waals surface area contributed by atoms with E-state index in [-0.39, 0.29) is 29.2 Å². The number of aromatic hydroxyl groups is 1. The first-order valence-electron chi connectivity index (χ1n) is 11.7. The molecule has 2 heterocycles. The zero-order valence-corrected chi connectivity index (χ0v) is 20.5. The molecular weight excluding hydrogens is 496 g/mol. The van der Waals surface area contributed by atoms with Crippen molar-refractivity contribution in [3.63, 3.8) is 0 Å². The number of aliphatic hydroxyl groups excluding tert-OH is 4. The second kappa shape index (κ2) is 10.6. The number of phenolic OH excluding ortho intramolecular Hbond substituents is 1. The average molecular weight is 529 g/mol. The Morgan fingerprint density at radius 2 is 1.73 bits per heavy atom. The molecule has 13 heteroatoms. The maximum Gasteiger partial charge on any atom is 0.338 e. The standard InChI is InChI=1S/C24H32O13/c1-24(31)8-14(35-21(30)10-6-12(32-2)17(26)13(7-10)33-3)11-4-5-34-22(16(11)24)37-23-20(29)19(28)18(27)15(9-25)36-23/h4-7,11,14-16,18-20,22-23,25-29,31H,8-9H2,1-3H3/t11-,14+,15+,16+,18+,19-,20+,22-,23+,24-/m0/s1. The molecule has 206 valence electrons. The number of carbonyl (C=O) groups is 1. The molecule has 0 radical (unpaired) electrons. The minimum absolute atomic E-state index is 0.0153. The number of hydrogen-bond donors (Lipinski definition) is 6. The zero-order valence-electron chi connectivity index (χ0n) is 20.5. The highest BCUT2D eigenvalue weighted by atomic mass is 16.8. The predicted octanol–water partition coefficient (Wildman–Crippen LogP) is -0.992. The summed E-state index contributed by atoms with van der Waals surface area (Å²) < 4.78 is 32.6. The fourth-order valence-electron chi connectivity index (χ4n) is 5.11. The molecule has 1 aliphatic carbocycles. The van der Waals surface area contributed by atoms with Gasteiger partial charge in [-0.1, -0.05) is 0 Å². The van der Waals surface area contributed by atoms with Crippen molar-refractivity contribution in [3.05, 3.63) is 30.0 Å². The monoisotopic (exact) mass is 528 g/mol. The van der Waals surface area contributed by atoms with E-state index in [9.17, 15) is 35.4 Å². The van der Waals surface area contributed by atoms with Crippen molar-refractivity contribution in [3.8, 4) is 17.2 Å². The van der Waals surface area contributed by atoms with Gasteiger partial charge < -0.3 is 59.1 Å². The highest BCUT2D eigenvalue weighted by molar-refractivity contribution is 5.91. The largest absolute Gasteiger partial charge is 0.502 e. The molecule has 1 aromatic carbocycles. The van der Waals surface area contributed by atoms with E-state index in [4.69, 9.17) is 28.4 Å². The molecule has 37 heavy (non-hydrogen) atoms. The Bertz CT molecular complexity index is 983. The number of hydrogen-bond acceptors (Lipinski definition) is 13. The molecule has 0 spiro atoms. The molecule has 0 aromatic heterocycles. The molecule has 13 nitrogen and oxygen atoms in total. The van der Waals surface area contributed by atoms with E-state index in [1.807, 2.05) is 0 Å². The Hall–Kier alpha value is -2.65. The van der Waals surface area contributed by atoms with Crippen molar-refractivity contribution in [1.82, 2.24) is 0 Å². The van der Waals surface area contributed by atoms with Crippen LogP contribution in [0.1, 0.15) is 23.7 Å². The summed E-state index contributed by atoms with van der Waals surface area (Å²) in [6.45, 7) is 0.891. The van der Waals surface area contributed by atoms with Gasteiger partial charge >= 0.3 is 5.97 Å². The van der Waals surface area contributed by atoms with Gasteiger partial charge in [0.25, 0.3) is 0 Å². The highest BCUT2D eigenvalue weighted by Crippen LogP contribution is 2.48.